The topological polar surface area (TPSA) is 12.0 Å². The van der Waals surface area contributed by atoms with Crippen LogP contribution in [0.4, 0.5) is 23.2 Å². The van der Waals surface area contributed by atoms with Gasteiger partial charge in [0.25, 0.3) is 0 Å². The van der Waals surface area contributed by atoms with Crippen LogP contribution in [0.25, 0.3) is 0 Å². The molecule has 1 nitrogen and oxygen atoms in total. The third-order valence-corrected chi connectivity index (χ3v) is 6.06. The van der Waals surface area contributed by atoms with Crippen LogP contribution >= 0.6 is 0 Å². The molecule has 0 amide bonds. The molecule has 0 heterocycles. The Morgan fingerprint density at radius 2 is 1.52 bits per heavy atom. The number of anilines is 1. The van der Waals surface area contributed by atoms with E-state index in [1.165, 1.54) is 38.5 Å². The third-order valence-electron chi connectivity index (χ3n) is 6.06. The normalized spacial score (nSPS) is 35.6. The van der Waals surface area contributed by atoms with E-state index in [2.05, 4.69) is 5.32 Å². The molecule has 5 rings (SSSR count). The molecule has 1 aromatic rings. The van der Waals surface area contributed by atoms with Crippen LogP contribution in [0.2, 0.25) is 0 Å². The molecule has 126 valence electrons. The first-order valence-corrected chi connectivity index (χ1v) is 8.43. The Bertz CT molecular complexity index is 572. The highest BCUT2D eigenvalue weighted by Crippen LogP contribution is 2.59. The number of hydrogen-bond acceptors (Lipinski definition) is 1. The summed E-state index contributed by atoms with van der Waals surface area (Å²) in [5.74, 6) is 1.54. The van der Waals surface area contributed by atoms with E-state index in [0.29, 0.717) is 12.6 Å². The lowest BCUT2D eigenvalue weighted by Crippen LogP contribution is -2.49. The fourth-order valence-corrected chi connectivity index (χ4v) is 5.65. The predicted octanol–water partition coefficient (Wildman–Crippen LogP) is 5.47. The van der Waals surface area contributed by atoms with E-state index in [-0.39, 0.29) is 11.1 Å². The first-order chi connectivity index (χ1) is 10.8. The molecule has 1 aromatic carbocycles. The van der Waals surface area contributed by atoms with Gasteiger partial charge in [0.15, 0.2) is 0 Å². The monoisotopic (exact) mass is 327 g/mol. The highest BCUT2D eigenvalue weighted by Gasteiger charge is 2.50. The first-order valence-electron chi connectivity index (χ1n) is 8.43. The maximum absolute atomic E-state index is 13.5. The van der Waals surface area contributed by atoms with Gasteiger partial charge < -0.3 is 5.32 Å². The molecule has 0 saturated heterocycles. The van der Waals surface area contributed by atoms with Crippen molar-refractivity contribution in [2.75, 3.05) is 11.9 Å². The minimum atomic E-state index is -4.51. The lowest BCUT2D eigenvalue weighted by Gasteiger charge is -2.57. The van der Waals surface area contributed by atoms with Crippen LogP contribution in [-0.4, -0.2) is 6.54 Å². The first kappa shape index (κ1) is 15.3. The molecule has 0 aromatic heterocycles. The largest absolute Gasteiger partial charge is 0.416 e. The van der Waals surface area contributed by atoms with Crippen molar-refractivity contribution in [3.8, 4) is 0 Å². The molecule has 4 fully saturated rings. The Hall–Kier alpha value is -1.26. The van der Waals surface area contributed by atoms with Crippen molar-refractivity contribution >= 4 is 5.69 Å². The Morgan fingerprint density at radius 1 is 0.957 bits per heavy atom. The molecular weight excluding hydrogens is 306 g/mol. The number of hydrogen-bond donors (Lipinski definition) is 1. The van der Waals surface area contributed by atoms with E-state index in [1.807, 2.05) is 0 Å². The fourth-order valence-electron chi connectivity index (χ4n) is 5.65. The maximum Gasteiger partial charge on any atom is 0.416 e. The van der Waals surface area contributed by atoms with Crippen molar-refractivity contribution in [3.63, 3.8) is 0 Å². The summed E-state index contributed by atoms with van der Waals surface area (Å²) in [6, 6.07) is 2.73. The maximum atomic E-state index is 13.5. The summed E-state index contributed by atoms with van der Waals surface area (Å²) in [6.07, 6.45) is 3.00. The second kappa shape index (κ2) is 5.12. The lowest BCUT2D eigenvalue weighted by atomic mass is 9.49. The zero-order chi connectivity index (χ0) is 16.2. The Balaban J connectivity index is 1.50. The van der Waals surface area contributed by atoms with Crippen LogP contribution < -0.4 is 5.32 Å². The molecule has 0 spiro atoms. The molecule has 23 heavy (non-hydrogen) atoms. The zero-order valence-electron chi connectivity index (χ0n) is 12.9. The van der Waals surface area contributed by atoms with Gasteiger partial charge in [0.2, 0.25) is 0 Å². The average Bonchev–Trinajstić information content (AvgIpc) is 2.42. The van der Waals surface area contributed by atoms with E-state index in [1.54, 1.807) is 0 Å². The minimum Gasteiger partial charge on any atom is -0.384 e. The molecule has 4 aliphatic rings. The van der Waals surface area contributed by atoms with E-state index >= 15 is 0 Å². The predicted molar refractivity (Wildman–Crippen MR) is 80.5 cm³/mol. The van der Waals surface area contributed by atoms with Gasteiger partial charge in [-0.05, 0) is 79.9 Å². The third kappa shape index (κ3) is 2.94. The summed E-state index contributed by atoms with van der Waals surface area (Å²) in [6.45, 7) is 0.664. The van der Waals surface area contributed by atoms with Crippen LogP contribution in [0.3, 0.4) is 0 Å². The Labute approximate surface area is 133 Å². The Kier molecular flexibility index (Phi) is 3.40. The summed E-state index contributed by atoms with van der Waals surface area (Å²) in [4.78, 5) is 0. The van der Waals surface area contributed by atoms with Gasteiger partial charge in [-0.15, -0.1) is 0 Å². The van der Waals surface area contributed by atoms with Crippen LogP contribution in [0, 0.1) is 29.0 Å². The highest BCUT2D eigenvalue weighted by molar-refractivity contribution is 5.47. The standard InChI is InChI=1S/C18H21F4N/c19-15-4-14(18(20,21)22)5-16(6-15)23-10-17-7-11-1-12(8-17)3-13(2-11)9-17/h4-6,11-13,23H,1-3,7-10H2. The van der Waals surface area contributed by atoms with Crippen molar-refractivity contribution in [2.45, 2.75) is 44.7 Å². The number of benzene rings is 1. The highest BCUT2D eigenvalue weighted by atomic mass is 19.4. The van der Waals surface area contributed by atoms with Crippen LogP contribution in [0.5, 0.6) is 0 Å². The molecule has 4 saturated carbocycles. The molecule has 4 bridgehead atoms. The summed E-state index contributed by atoms with van der Waals surface area (Å²) in [5, 5.41) is 3.12. The average molecular weight is 327 g/mol. The van der Waals surface area contributed by atoms with Crippen LogP contribution in [0.15, 0.2) is 18.2 Å². The van der Waals surface area contributed by atoms with Gasteiger partial charge in [-0.1, -0.05) is 0 Å². The Morgan fingerprint density at radius 3 is 2.04 bits per heavy atom. The SMILES string of the molecule is Fc1cc(NCC23CC4CC(CC(C4)C2)C3)cc(C(F)(F)F)c1. The summed E-state index contributed by atoms with van der Waals surface area (Å²) in [7, 11) is 0. The van der Waals surface area contributed by atoms with E-state index in [4.69, 9.17) is 0 Å². The van der Waals surface area contributed by atoms with Gasteiger partial charge in [0.1, 0.15) is 5.82 Å². The van der Waals surface area contributed by atoms with Gasteiger partial charge >= 0.3 is 6.18 Å². The molecule has 0 aliphatic heterocycles. The van der Waals surface area contributed by atoms with Crippen molar-refractivity contribution in [1.29, 1.82) is 0 Å². The molecule has 1 N–H and O–H groups in total. The van der Waals surface area contributed by atoms with Crippen LogP contribution in [-0.2, 0) is 6.18 Å². The molecule has 5 heteroatoms. The molecule has 0 atom stereocenters. The van der Waals surface area contributed by atoms with Crippen molar-refractivity contribution in [3.05, 3.63) is 29.6 Å². The second-order valence-electron chi connectivity index (χ2n) is 8.00. The van der Waals surface area contributed by atoms with Gasteiger partial charge in [-0.25, -0.2) is 4.39 Å². The summed E-state index contributed by atoms with van der Waals surface area (Å²) in [5.41, 5.74) is -0.474. The van der Waals surface area contributed by atoms with Crippen LogP contribution in [0.1, 0.15) is 44.1 Å². The van der Waals surface area contributed by atoms with E-state index < -0.39 is 17.6 Å². The smallest absolute Gasteiger partial charge is 0.384 e. The van der Waals surface area contributed by atoms with E-state index in [9.17, 15) is 17.6 Å². The number of alkyl halides is 3. The number of rotatable bonds is 3. The summed E-state index contributed by atoms with van der Waals surface area (Å²) < 4.78 is 51.9. The van der Waals surface area contributed by atoms with Crippen molar-refractivity contribution in [1.82, 2.24) is 0 Å². The quantitative estimate of drug-likeness (QED) is 0.726. The molecule has 0 unspecified atom stereocenters. The van der Waals surface area contributed by atoms with Gasteiger partial charge in [0.05, 0.1) is 5.56 Å². The fraction of sp³-hybridized carbons (Fsp3) is 0.667. The van der Waals surface area contributed by atoms with Gasteiger partial charge in [-0.3, -0.25) is 0 Å². The zero-order valence-corrected chi connectivity index (χ0v) is 12.9. The molecule has 4 aliphatic carbocycles. The molecule has 0 radical (unpaired) electrons. The number of halogens is 4. The second-order valence-corrected chi connectivity index (χ2v) is 8.00. The van der Waals surface area contributed by atoms with Gasteiger partial charge in [0, 0.05) is 12.2 Å². The number of nitrogens with one attached hydrogen (secondary N) is 1. The lowest BCUT2D eigenvalue weighted by molar-refractivity contribution is -0.137. The minimum absolute atomic E-state index is 0.208. The van der Waals surface area contributed by atoms with Crippen molar-refractivity contribution in [2.24, 2.45) is 23.2 Å². The van der Waals surface area contributed by atoms with Crippen molar-refractivity contribution < 1.29 is 17.6 Å². The summed E-state index contributed by atoms with van der Waals surface area (Å²) >= 11 is 0. The van der Waals surface area contributed by atoms with Gasteiger partial charge in [-0.2, -0.15) is 13.2 Å². The molecular formula is C18H21F4N. The van der Waals surface area contributed by atoms with E-state index in [0.717, 1.165) is 29.9 Å².